The second-order valence-corrected chi connectivity index (χ2v) is 3.90. The van der Waals surface area contributed by atoms with Crippen LogP contribution in [0.4, 0.5) is 5.69 Å². The standard InChI is InChI=1S/C13H21N/c1-5-9-14(4)13-8-7-12(6-2)10-11(13)3/h7-8,10H,5-6,9H2,1-4H3. The van der Waals surface area contributed by atoms with Crippen molar-refractivity contribution in [1.82, 2.24) is 0 Å². The van der Waals surface area contributed by atoms with Gasteiger partial charge in [0.2, 0.25) is 0 Å². The first-order chi connectivity index (χ1) is 6.69. The first-order valence-corrected chi connectivity index (χ1v) is 5.49. The third kappa shape index (κ3) is 2.50. The lowest BCUT2D eigenvalue weighted by molar-refractivity contribution is 0.848. The molecule has 0 N–H and O–H groups in total. The van der Waals surface area contributed by atoms with Gasteiger partial charge in [-0.1, -0.05) is 26.0 Å². The van der Waals surface area contributed by atoms with Crippen molar-refractivity contribution in [3.8, 4) is 0 Å². The topological polar surface area (TPSA) is 3.24 Å². The van der Waals surface area contributed by atoms with Crippen LogP contribution in [0.15, 0.2) is 18.2 Å². The molecule has 0 aromatic heterocycles. The molecule has 0 spiro atoms. The lowest BCUT2D eigenvalue weighted by Gasteiger charge is -2.21. The Morgan fingerprint density at radius 3 is 2.43 bits per heavy atom. The Bertz CT molecular complexity index is 291. The predicted octanol–water partition coefficient (Wildman–Crippen LogP) is 3.40. The molecule has 0 atom stereocenters. The van der Waals surface area contributed by atoms with Crippen molar-refractivity contribution in [2.24, 2.45) is 0 Å². The van der Waals surface area contributed by atoms with Gasteiger partial charge in [0.15, 0.2) is 0 Å². The van der Waals surface area contributed by atoms with E-state index in [1.807, 2.05) is 0 Å². The van der Waals surface area contributed by atoms with Crippen LogP contribution in [0.5, 0.6) is 0 Å². The zero-order valence-corrected chi connectivity index (χ0v) is 9.80. The molecule has 14 heavy (non-hydrogen) atoms. The fourth-order valence-corrected chi connectivity index (χ4v) is 1.82. The normalized spacial score (nSPS) is 10.3. The number of aryl methyl sites for hydroxylation is 2. The second-order valence-electron chi connectivity index (χ2n) is 3.90. The molecule has 0 aliphatic carbocycles. The van der Waals surface area contributed by atoms with E-state index < -0.39 is 0 Å². The van der Waals surface area contributed by atoms with Crippen LogP contribution >= 0.6 is 0 Å². The van der Waals surface area contributed by atoms with Crippen LogP contribution in [0, 0.1) is 6.92 Å². The molecule has 0 heterocycles. The van der Waals surface area contributed by atoms with E-state index >= 15 is 0 Å². The van der Waals surface area contributed by atoms with Crippen molar-refractivity contribution in [3.05, 3.63) is 29.3 Å². The molecule has 0 bridgehead atoms. The number of nitrogens with zero attached hydrogens (tertiary/aromatic N) is 1. The molecule has 1 aromatic carbocycles. The van der Waals surface area contributed by atoms with E-state index in [9.17, 15) is 0 Å². The van der Waals surface area contributed by atoms with Gasteiger partial charge in [-0.15, -0.1) is 0 Å². The summed E-state index contributed by atoms with van der Waals surface area (Å²) in [5, 5.41) is 0. The largest absolute Gasteiger partial charge is 0.374 e. The average molecular weight is 191 g/mol. The van der Waals surface area contributed by atoms with Gasteiger partial charge in [0, 0.05) is 19.3 Å². The SMILES string of the molecule is CCCN(C)c1ccc(CC)cc1C. The predicted molar refractivity (Wildman–Crippen MR) is 64.1 cm³/mol. The van der Waals surface area contributed by atoms with E-state index in [1.54, 1.807) is 0 Å². The van der Waals surface area contributed by atoms with E-state index in [2.05, 4.69) is 50.9 Å². The molecule has 0 fully saturated rings. The summed E-state index contributed by atoms with van der Waals surface area (Å²) in [6, 6.07) is 6.76. The molecule has 0 aliphatic heterocycles. The van der Waals surface area contributed by atoms with Crippen LogP contribution in [-0.2, 0) is 6.42 Å². The molecule has 1 nitrogen and oxygen atoms in total. The summed E-state index contributed by atoms with van der Waals surface area (Å²) >= 11 is 0. The van der Waals surface area contributed by atoms with Crippen molar-refractivity contribution >= 4 is 5.69 Å². The van der Waals surface area contributed by atoms with E-state index in [1.165, 1.54) is 23.2 Å². The zero-order valence-electron chi connectivity index (χ0n) is 9.80. The molecule has 0 aliphatic rings. The molecular formula is C13H21N. The molecular weight excluding hydrogens is 170 g/mol. The number of hydrogen-bond acceptors (Lipinski definition) is 1. The molecule has 0 radical (unpaired) electrons. The Labute approximate surface area is 87.7 Å². The van der Waals surface area contributed by atoms with Gasteiger partial charge in [0.25, 0.3) is 0 Å². The number of hydrogen-bond donors (Lipinski definition) is 0. The Hall–Kier alpha value is -0.980. The molecule has 0 saturated carbocycles. The Morgan fingerprint density at radius 1 is 1.21 bits per heavy atom. The Balaban J connectivity index is 2.88. The van der Waals surface area contributed by atoms with Crippen molar-refractivity contribution in [2.45, 2.75) is 33.6 Å². The first kappa shape index (κ1) is 11.1. The van der Waals surface area contributed by atoms with Gasteiger partial charge in [-0.3, -0.25) is 0 Å². The first-order valence-electron chi connectivity index (χ1n) is 5.49. The third-order valence-electron chi connectivity index (χ3n) is 2.64. The van der Waals surface area contributed by atoms with Gasteiger partial charge < -0.3 is 4.90 Å². The molecule has 1 rings (SSSR count). The number of benzene rings is 1. The van der Waals surface area contributed by atoms with Crippen LogP contribution in [0.25, 0.3) is 0 Å². The Kier molecular flexibility index (Phi) is 3.99. The minimum Gasteiger partial charge on any atom is -0.374 e. The van der Waals surface area contributed by atoms with Crippen LogP contribution in [-0.4, -0.2) is 13.6 Å². The van der Waals surface area contributed by atoms with Crippen molar-refractivity contribution in [2.75, 3.05) is 18.5 Å². The summed E-state index contributed by atoms with van der Waals surface area (Å²) in [6.45, 7) is 7.74. The molecule has 0 unspecified atom stereocenters. The zero-order chi connectivity index (χ0) is 10.6. The molecule has 78 valence electrons. The quantitative estimate of drug-likeness (QED) is 0.705. The monoisotopic (exact) mass is 191 g/mol. The maximum absolute atomic E-state index is 2.33. The summed E-state index contributed by atoms with van der Waals surface area (Å²) in [5.74, 6) is 0. The summed E-state index contributed by atoms with van der Waals surface area (Å²) in [5.41, 5.74) is 4.18. The van der Waals surface area contributed by atoms with Crippen molar-refractivity contribution < 1.29 is 0 Å². The van der Waals surface area contributed by atoms with Gasteiger partial charge in [0.1, 0.15) is 0 Å². The van der Waals surface area contributed by atoms with Gasteiger partial charge in [0.05, 0.1) is 0 Å². The summed E-state index contributed by atoms with van der Waals surface area (Å²) in [6.07, 6.45) is 2.32. The summed E-state index contributed by atoms with van der Waals surface area (Å²) in [7, 11) is 2.16. The fraction of sp³-hybridized carbons (Fsp3) is 0.538. The van der Waals surface area contributed by atoms with Crippen molar-refractivity contribution in [3.63, 3.8) is 0 Å². The van der Waals surface area contributed by atoms with Gasteiger partial charge in [-0.2, -0.15) is 0 Å². The molecule has 0 saturated heterocycles. The molecule has 1 heteroatoms. The lowest BCUT2D eigenvalue weighted by Crippen LogP contribution is -2.18. The highest BCUT2D eigenvalue weighted by Gasteiger charge is 2.03. The summed E-state index contributed by atoms with van der Waals surface area (Å²) in [4.78, 5) is 2.33. The number of anilines is 1. The van der Waals surface area contributed by atoms with E-state index in [4.69, 9.17) is 0 Å². The Morgan fingerprint density at radius 2 is 1.93 bits per heavy atom. The third-order valence-corrected chi connectivity index (χ3v) is 2.64. The smallest absolute Gasteiger partial charge is 0.0393 e. The molecule has 1 aromatic rings. The van der Waals surface area contributed by atoms with E-state index in [-0.39, 0.29) is 0 Å². The van der Waals surface area contributed by atoms with Crippen molar-refractivity contribution in [1.29, 1.82) is 0 Å². The van der Waals surface area contributed by atoms with E-state index in [0.29, 0.717) is 0 Å². The van der Waals surface area contributed by atoms with Gasteiger partial charge >= 0.3 is 0 Å². The van der Waals surface area contributed by atoms with Gasteiger partial charge in [-0.05, 0) is 37.0 Å². The van der Waals surface area contributed by atoms with Gasteiger partial charge in [-0.25, -0.2) is 0 Å². The second kappa shape index (κ2) is 5.04. The van der Waals surface area contributed by atoms with E-state index in [0.717, 1.165) is 13.0 Å². The van der Waals surface area contributed by atoms with Crippen LogP contribution < -0.4 is 4.90 Å². The lowest BCUT2D eigenvalue weighted by atomic mass is 10.1. The average Bonchev–Trinajstić information content (AvgIpc) is 2.17. The minimum atomic E-state index is 1.12. The van der Waals surface area contributed by atoms with Crippen LogP contribution in [0.3, 0.4) is 0 Å². The number of rotatable bonds is 4. The maximum atomic E-state index is 2.33. The highest BCUT2D eigenvalue weighted by Crippen LogP contribution is 2.20. The minimum absolute atomic E-state index is 1.12. The molecule has 0 amide bonds. The summed E-state index contributed by atoms with van der Waals surface area (Å²) < 4.78 is 0. The fourth-order valence-electron chi connectivity index (χ4n) is 1.82. The van der Waals surface area contributed by atoms with Crippen LogP contribution in [0.1, 0.15) is 31.4 Å². The highest BCUT2D eigenvalue weighted by molar-refractivity contribution is 5.53. The maximum Gasteiger partial charge on any atom is 0.0393 e. The highest BCUT2D eigenvalue weighted by atomic mass is 15.1. The van der Waals surface area contributed by atoms with Crippen LogP contribution in [0.2, 0.25) is 0 Å².